The molecule has 0 aliphatic carbocycles. The van der Waals surface area contributed by atoms with Gasteiger partial charge < -0.3 is 4.90 Å². The van der Waals surface area contributed by atoms with Crippen LogP contribution in [0.2, 0.25) is 5.02 Å². The Labute approximate surface area is 149 Å². The smallest absolute Gasteiger partial charge is 0.178 e. The maximum atomic E-state index is 12.6. The molecular formula is C19H24ClNO2S. The topological polar surface area (TPSA) is 37.4 Å². The lowest BCUT2D eigenvalue weighted by Gasteiger charge is -2.19. The second-order valence-electron chi connectivity index (χ2n) is 6.58. The number of halogens is 1. The number of sulfone groups is 1. The molecule has 0 N–H and O–H groups in total. The van der Waals surface area contributed by atoms with Crippen molar-refractivity contribution in [2.45, 2.75) is 37.0 Å². The Morgan fingerprint density at radius 1 is 0.917 bits per heavy atom. The van der Waals surface area contributed by atoms with Crippen LogP contribution in [0.1, 0.15) is 32.1 Å². The molecule has 0 aromatic heterocycles. The Hall–Kier alpha value is -1.10. The van der Waals surface area contributed by atoms with Crippen molar-refractivity contribution >= 4 is 32.2 Å². The molecule has 1 saturated heterocycles. The van der Waals surface area contributed by atoms with E-state index in [-0.39, 0.29) is 5.75 Å². The lowest BCUT2D eigenvalue weighted by atomic mass is 10.1. The molecular weight excluding hydrogens is 342 g/mol. The first-order chi connectivity index (χ1) is 11.5. The monoisotopic (exact) mass is 365 g/mol. The van der Waals surface area contributed by atoms with E-state index in [2.05, 4.69) is 4.90 Å². The summed E-state index contributed by atoms with van der Waals surface area (Å²) in [5.74, 6) is 0.211. The van der Waals surface area contributed by atoms with Crippen LogP contribution in [0.15, 0.2) is 41.3 Å². The van der Waals surface area contributed by atoms with Crippen LogP contribution in [0, 0.1) is 0 Å². The molecule has 0 atom stereocenters. The highest BCUT2D eigenvalue weighted by Crippen LogP contribution is 2.23. The predicted molar refractivity (Wildman–Crippen MR) is 101 cm³/mol. The highest BCUT2D eigenvalue weighted by molar-refractivity contribution is 7.91. The number of rotatable bonds is 5. The van der Waals surface area contributed by atoms with E-state index < -0.39 is 9.84 Å². The summed E-state index contributed by atoms with van der Waals surface area (Å²) in [7, 11) is -3.23. The molecule has 0 bridgehead atoms. The van der Waals surface area contributed by atoms with Gasteiger partial charge in [0.1, 0.15) is 0 Å². The first-order valence-corrected chi connectivity index (χ1v) is 10.7. The fourth-order valence-corrected chi connectivity index (χ4v) is 4.85. The summed E-state index contributed by atoms with van der Waals surface area (Å²) in [5, 5.41) is 2.54. The van der Waals surface area contributed by atoms with Gasteiger partial charge in [-0.05, 0) is 73.9 Å². The Kier molecular flexibility index (Phi) is 5.80. The Balaban J connectivity index is 1.65. The van der Waals surface area contributed by atoms with Crippen LogP contribution in [-0.4, -0.2) is 38.7 Å². The number of likely N-dealkylation sites (tertiary alicyclic amines) is 1. The van der Waals surface area contributed by atoms with Crippen LogP contribution in [-0.2, 0) is 9.84 Å². The second-order valence-corrected chi connectivity index (χ2v) is 9.13. The van der Waals surface area contributed by atoms with Crippen LogP contribution in [0.5, 0.6) is 0 Å². The fourth-order valence-electron chi connectivity index (χ4n) is 3.34. The van der Waals surface area contributed by atoms with Crippen molar-refractivity contribution in [3.63, 3.8) is 0 Å². The third-order valence-corrected chi connectivity index (χ3v) is 6.75. The number of hydrogen-bond acceptors (Lipinski definition) is 3. The zero-order chi connectivity index (χ0) is 17.0. The van der Waals surface area contributed by atoms with Gasteiger partial charge in [0.25, 0.3) is 0 Å². The van der Waals surface area contributed by atoms with Gasteiger partial charge in [0.05, 0.1) is 10.6 Å². The molecule has 2 aromatic rings. The largest absolute Gasteiger partial charge is 0.303 e. The van der Waals surface area contributed by atoms with E-state index >= 15 is 0 Å². The minimum absolute atomic E-state index is 0.211. The van der Waals surface area contributed by atoms with E-state index in [1.807, 2.05) is 18.2 Å². The fraction of sp³-hybridized carbons (Fsp3) is 0.474. The van der Waals surface area contributed by atoms with Gasteiger partial charge in [0.2, 0.25) is 0 Å². The van der Waals surface area contributed by atoms with Gasteiger partial charge in [0, 0.05) is 5.02 Å². The average Bonchev–Trinajstić information content (AvgIpc) is 2.83. The van der Waals surface area contributed by atoms with Crippen LogP contribution in [0.25, 0.3) is 10.8 Å². The van der Waals surface area contributed by atoms with Crippen molar-refractivity contribution < 1.29 is 8.42 Å². The summed E-state index contributed by atoms with van der Waals surface area (Å²) < 4.78 is 25.2. The summed E-state index contributed by atoms with van der Waals surface area (Å²) in [6, 6.07) is 10.8. The van der Waals surface area contributed by atoms with Crippen LogP contribution >= 0.6 is 11.6 Å². The third kappa shape index (κ3) is 4.50. The van der Waals surface area contributed by atoms with Crippen molar-refractivity contribution in [2.24, 2.45) is 0 Å². The molecule has 3 rings (SSSR count). The maximum Gasteiger partial charge on any atom is 0.178 e. The first-order valence-electron chi connectivity index (χ1n) is 8.69. The summed E-state index contributed by atoms with van der Waals surface area (Å²) in [4.78, 5) is 2.82. The predicted octanol–water partition coefficient (Wildman–Crippen LogP) is 4.53. The van der Waals surface area contributed by atoms with E-state index in [1.54, 1.807) is 18.2 Å². The van der Waals surface area contributed by atoms with E-state index in [0.717, 1.165) is 30.4 Å². The molecule has 24 heavy (non-hydrogen) atoms. The summed E-state index contributed by atoms with van der Waals surface area (Å²) in [5.41, 5.74) is 0. The minimum Gasteiger partial charge on any atom is -0.303 e. The Morgan fingerprint density at radius 3 is 2.33 bits per heavy atom. The molecule has 1 aliphatic rings. The van der Waals surface area contributed by atoms with Crippen molar-refractivity contribution in [1.29, 1.82) is 0 Å². The zero-order valence-corrected chi connectivity index (χ0v) is 15.5. The molecule has 2 aromatic carbocycles. The Morgan fingerprint density at radius 2 is 1.58 bits per heavy atom. The SMILES string of the molecule is O=S(=O)(CCCN1CCCCCC1)c1ccc2cc(Cl)ccc2c1. The lowest BCUT2D eigenvalue weighted by molar-refractivity contribution is 0.286. The number of hydrogen-bond donors (Lipinski definition) is 0. The van der Waals surface area contributed by atoms with Crippen molar-refractivity contribution in [3.8, 4) is 0 Å². The van der Waals surface area contributed by atoms with Gasteiger partial charge in [-0.2, -0.15) is 0 Å². The second kappa shape index (κ2) is 7.85. The minimum atomic E-state index is -3.23. The molecule has 1 heterocycles. The van der Waals surface area contributed by atoms with Gasteiger partial charge in [0.15, 0.2) is 9.84 Å². The van der Waals surface area contributed by atoms with Gasteiger partial charge in [-0.15, -0.1) is 0 Å². The maximum absolute atomic E-state index is 12.6. The molecule has 0 unspecified atom stereocenters. The summed E-state index contributed by atoms with van der Waals surface area (Å²) in [6.07, 6.45) is 5.77. The summed E-state index contributed by atoms with van der Waals surface area (Å²) in [6.45, 7) is 3.09. The third-order valence-electron chi connectivity index (χ3n) is 4.72. The molecule has 0 radical (unpaired) electrons. The summed E-state index contributed by atoms with van der Waals surface area (Å²) >= 11 is 5.98. The van der Waals surface area contributed by atoms with Crippen molar-refractivity contribution in [1.82, 2.24) is 4.90 Å². The van der Waals surface area contributed by atoms with E-state index in [4.69, 9.17) is 11.6 Å². The molecule has 1 fully saturated rings. The van der Waals surface area contributed by atoms with Gasteiger partial charge in [-0.1, -0.05) is 36.6 Å². The number of fused-ring (bicyclic) bond motifs is 1. The molecule has 3 nitrogen and oxygen atoms in total. The van der Waals surface area contributed by atoms with Crippen molar-refractivity contribution in [3.05, 3.63) is 41.4 Å². The zero-order valence-electron chi connectivity index (χ0n) is 13.9. The first kappa shape index (κ1) is 17.7. The van der Waals surface area contributed by atoms with E-state index in [1.165, 1.54) is 25.7 Å². The van der Waals surface area contributed by atoms with E-state index in [9.17, 15) is 8.42 Å². The van der Waals surface area contributed by atoms with Gasteiger partial charge in [-0.25, -0.2) is 8.42 Å². The highest BCUT2D eigenvalue weighted by Gasteiger charge is 2.16. The standard InChI is InChI=1S/C19H24ClNO2S/c20-18-8-6-17-15-19(9-7-16(17)14-18)24(22,23)13-5-12-21-10-3-1-2-4-11-21/h6-9,14-15H,1-5,10-13H2. The molecule has 5 heteroatoms. The van der Waals surface area contributed by atoms with Gasteiger partial charge in [-0.3, -0.25) is 0 Å². The number of benzene rings is 2. The normalized spacial score (nSPS) is 17.0. The Bertz CT molecular complexity index is 796. The quantitative estimate of drug-likeness (QED) is 0.781. The van der Waals surface area contributed by atoms with Crippen molar-refractivity contribution in [2.75, 3.05) is 25.4 Å². The molecule has 0 amide bonds. The highest BCUT2D eigenvalue weighted by atomic mass is 35.5. The molecule has 1 aliphatic heterocycles. The van der Waals surface area contributed by atoms with Gasteiger partial charge >= 0.3 is 0 Å². The molecule has 0 saturated carbocycles. The average molecular weight is 366 g/mol. The number of nitrogens with zero attached hydrogens (tertiary/aromatic N) is 1. The van der Waals surface area contributed by atoms with Crippen LogP contribution in [0.3, 0.4) is 0 Å². The lowest BCUT2D eigenvalue weighted by Crippen LogP contribution is -2.27. The van der Waals surface area contributed by atoms with Crippen LogP contribution < -0.4 is 0 Å². The molecule has 0 spiro atoms. The van der Waals surface area contributed by atoms with Crippen LogP contribution in [0.4, 0.5) is 0 Å². The molecule has 130 valence electrons. The van der Waals surface area contributed by atoms with E-state index in [0.29, 0.717) is 16.3 Å².